The fourth-order valence-corrected chi connectivity index (χ4v) is 1.39. The van der Waals surface area contributed by atoms with Crippen molar-refractivity contribution in [2.45, 2.75) is 32.4 Å². The average molecular weight is 169 g/mol. The Bertz CT molecular complexity index is 189. The zero-order chi connectivity index (χ0) is 9.14. The van der Waals surface area contributed by atoms with Gasteiger partial charge in [0.1, 0.15) is 6.10 Å². The van der Waals surface area contributed by atoms with Gasteiger partial charge in [-0.15, -0.1) is 0 Å². The fourth-order valence-electron chi connectivity index (χ4n) is 1.39. The van der Waals surface area contributed by atoms with Gasteiger partial charge in [0.25, 0.3) is 0 Å². The number of alkyl carbamates (subject to hydrolysis) is 1. The van der Waals surface area contributed by atoms with Gasteiger partial charge in [-0.25, -0.2) is 4.79 Å². The lowest BCUT2D eigenvalue weighted by Gasteiger charge is -2.14. The second-order valence-corrected chi connectivity index (χ2v) is 3.49. The highest BCUT2D eigenvalue weighted by Crippen LogP contribution is 2.16. The maximum atomic E-state index is 10.8. The molecule has 1 saturated heterocycles. The normalized spacial score (nSPS) is 28.4. The summed E-state index contributed by atoms with van der Waals surface area (Å²) in [4.78, 5) is 10.8. The Balaban J connectivity index is 2.51. The van der Waals surface area contributed by atoms with Crippen molar-refractivity contribution in [3.05, 3.63) is 12.7 Å². The summed E-state index contributed by atoms with van der Waals surface area (Å²) in [5.74, 6) is 0.555. The first kappa shape index (κ1) is 9.10. The molecule has 68 valence electrons. The van der Waals surface area contributed by atoms with Gasteiger partial charge in [-0.3, -0.25) is 0 Å². The van der Waals surface area contributed by atoms with E-state index in [-0.39, 0.29) is 18.2 Å². The molecule has 0 saturated carbocycles. The summed E-state index contributed by atoms with van der Waals surface area (Å²) in [6.45, 7) is 7.85. The molecule has 1 aliphatic rings. The molecule has 3 heteroatoms. The van der Waals surface area contributed by atoms with Crippen molar-refractivity contribution in [3.63, 3.8) is 0 Å². The van der Waals surface area contributed by atoms with Crippen molar-refractivity contribution in [1.29, 1.82) is 0 Å². The zero-order valence-electron chi connectivity index (χ0n) is 7.54. The molecule has 1 aliphatic heterocycles. The molecule has 1 amide bonds. The van der Waals surface area contributed by atoms with E-state index in [9.17, 15) is 4.79 Å². The molecule has 1 rings (SSSR count). The van der Waals surface area contributed by atoms with Crippen molar-refractivity contribution in [1.82, 2.24) is 5.32 Å². The number of amides is 1. The molecule has 1 fully saturated rings. The van der Waals surface area contributed by atoms with Crippen molar-refractivity contribution < 1.29 is 9.53 Å². The largest absolute Gasteiger partial charge is 0.440 e. The topological polar surface area (TPSA) is 38.3 Å². The van der Waals surface area contributed by atoms with Crippen molar-refractivity contribution >= 4 is 6.09 Å². The summed E-state index contributed by atoms with van der Waals surface area (Å²) in [5.41, 5.74) is 0. The minimum atomic E-state index is -0.328. The number of nitrogens with one attached hydrogen (secondary N) is 1. The summed E-state index contributed by atoms with van der Waals surface area (Å²) in [6.07, 6.45) is 2.12. The van der Waals surface area contributed by atoms with E-state index in [4.69, 9.17) is 4.74 Å². The molecule has 2 atom stereocenters. The molecular formula is C9H15NO2. The molecule has 12 heavy (non-hydrogen) atoms. The van der Waals surface area contributed by atoms with Crippen LogP contribution in [0.15, 0.2) is 12.7 Å². The van der Waals surface area contributed by atoms with Gasteiger partial charge in [0.05, 0.1) is 6.04 Å². The first-order valence-electron chi connectivity index (χ1n) is 4.23. The van der Waals surface area contributed by atoms with Gasteiger partial charge in [0.2, 0.25) is 0 Å². The molecule has 0 bridgehead atoms. The second-order valence-electron chi connectivity index (χ2n) is 3.49. The molecule has 0 aromatic rings. The Morgan fingerprint density at radius 1 is 1.75 bits per heavy atom. The lowest BCUT2D eigenvalue weighted by Crippen LogP contribution is -2.31. The second kappa shape index (κ2) is 3.61. The van der Waals surface area contributed by atoms with Gasteiger partial charge >= 0.3 is 6.09 Å². The minimum Gasteiger partial charge on any atom is -0.440 e. The van der Waals surface area contributed by atoms with Crippen LogP contribution in [-0.2, 0) is 4.74 Å². The highest BCUT2D eigenvalue weighted by atomic mass is 16.6. The molecule has 1 N–H and O–H groups in total. The lowest BCUT2D eigenvalue weighted by molar-refractivity contribution is 0.151. The predicted octanol–water partition coefficient (Wildman–Crippen LogP) is 1.70. The molecule has 2 unspecified atom stereocenters. The average Bonchev–Trinajstić information content (AvgIpc) is 2.29. The van der Waals surface area contributed by atoms with Crippen LogP contribution >= 0.6 is 0 Å². The monoisotopic (exact) mass is 169 g/mol. The van der Waals surface area contributed by atoms with Gasteiger partial charge in [0, 0.05) is 0 Å². The van der Waals surface area contributed by atoms with E-state index in [0.29, 0.717) is 5.92 Å². The maximum absolute atomic E-state index is 10.8. The number of hydrogen-bond acceptors (Lipinski definition) is 2. The van der Waals surface area contributed by atoms with Crippen LogP contribution in [0.5, 0.6) is 0 Å². The van der Waals surface area contributed by atoms with Crippen LogP contribution in [0.4, 0.5) is 4.79 Å². The fraction of sp³-hybridized carbons (Fsp3) is 0.667. The quantitative estimate of drug-likeness (QED) is 0.653. The SMILES string of the molecule is C=CC1OC(=O)NC1CC(C)C. The van der Waals surface area contributed by atoms with Gasteiger partial charge in [-0.05, 0) is 18.4 Å². The Labute approximate surface area is 72.8 Å². The maximum Gasteiger partial charge on any atom is 0.408 e. The summed E-state index contributed by atoms with van der Waals surface area (Å²) in [7, 11) is 0. The highest BCUT2D eigenvalue weighted by Gasteiger charge is 2.31. The van der Waals surface area contributed by atoms with Crippen LogP contribution in [-0.4, -0.2) is 18.2 Å². The van der Waals surface area contributed by atoms with Gasteiger partial charge < -0.3 is 10.1 Å². The Morgan fingerprint density at radius 3 is 2.92 bits per heavy atom. The summed E-state index contributed by atoms with van der Waals surface area (Å²) in [5, 5.41) is 2.75. The Kier molecular flexibility index (Phi) is 2.74. The molecular weight excluding hydrogens is 154 g/mol. The van der Waals surface area contributed by atoms with Crippen LogP contribution in [0.1, 0.15) is 20.3 Å². The number of rotatable bonds is 3. The van der Waals surface area contributed by atoms with Crippen LogP contribution in [0.25, 0.3) is 0 Å². The van der Waals surface area contributed by atoms with Crippen molar-refractivity contribution in [2.75, 3.05) is 0 Å². The van der Waals surface area contributed by atoms with E-state index in [1.165, 1.54) is 0 Å². The molecule has 0 radical (unpaired) electrons. The zero-order valence-corrected chi connectivity index (χ0v) is 7.54. The highest BCUT2D eigenvalue weighted by molar-refractivity contribution is 5.70. The predicted molar refractivity (Wildman–Crippen MR) is 46.8 cm³/mol. The molecule has 0 aliphatic carbocycles. The summed E-state index contributed by atoms with van der Waals surface area (Å²) in [6, 6.07) is 0.106. The van der Waals surface area contributed by atoms with Gasteiger partial charge in [-0.2, -0.15) is 0 Å². The molecule has 0 aromatic heterocycles. The van der Waals surface area contributed by atoms with Crippen LogP contribution in [0.3, 0.4) is 0 Å². The summed E-state index contributed by atoms with van der Waals surface area (Å²) >= 11 is 0. The minimum absolute atomic E-state index is 0.106. The van der Waals surface area contributed by atoms with E-state index >= 15 is 0 Å². The van der Waals surface area contributed by atoms with E-state index in [2.05, 4.69) is 25.7 Å². The summed E-state index contributed by atoms with van der Waals surface area (Å²) < 4.78 is 4.96. The van der Waals surface area contributed by atoms with Gasteiger partial charge in [-0.1, -0.05) is 20.4 Å². The number of carbonyl (C=O) groups is 1. The number of carbonyl (C=O) groups excluding carboxylic acids is 1. The van der Waals surface area contributed by atoms with Crippen molar-refractivity contribution in [2.24, 2.45) is 5.92 Å². The third-order valence-electron chi connectivity index (χ3n) is 1.90. The molecule has 3 nitrogen and oxygen atoms in total. The standard InChI is InChI=1S/C9H15NO2/c1-4-8-7(5-6(2)3)10-9(11)12-8/h4,6-8H,1,5H2,2-3H3,(H,10,11). The van der Waals surface area contributed by atoms with Crippen molar-refractivity contribution in [3.8, 4) is 0 Å². The van der Waals surface area contributed by atoms with E-state index in [1.54, 1.807) is 6.08 Å². The van der Waals surface area contributed by atoms with Crippen LogP contribution in [0.2, 0.25) is 0 Å². The van der Waals surface area contributed by atoms with E-state index in [1.807, 2.05) is 0 Å². The van der Waals surface area contributed by atoms with Crippen LogP contribution < -0.4 is 5.32 Å². The molecule has 0 spiro atoms. The third kappa shape index (κ3) is 2.00. The van der Waals surface area contributed by atoms with E-state index in [0.717, 1.165) is 6.42 Å². The number of cyclic esters (lactones) is 1. The lowest BCUT2D eigenvalue weighted by atomic mass is 10.0. The first-order valence-corrected chi connectivity index (χ1v) is 4.23. The van der Waals surface area contributed by atoms with E-state index < -0.39 is 0 Å². The Hall–Kier alpha value is -0.990. The number of hydrogen-bond donors (Lipinski definition) is 1. The van der Waals surface area contributed by atoms with Crippen LogP contribution in [0, 0.1) is 5.92 Å². The molecule has 0 aromatic carbocycles. The smallest absolute Gasteiger partial charge is 0.408 e. The first-order chi connectivity index (χ1) is 5.63. The molecule has 1 heterocycles. The van der Waals surface area contributed by atoms with Gasteiger partial charge in [0.15, 0.2) is 0 Å². The Morgan fingerprint density at radius 2 is 2.42 bits per heavy atom. The third-order valence-corrected chi connectivity index (χ3v) is 1.90. The number of ether oxygens (including phenoxy) is 1.